The number of hydrogen-bond donors (Lipinski definition) is 0. The zero-order chi connectivity index (χ0) is 16.3. The number of esters is 1. The maximum absolute atomic E-state index is 11.7. The highest BCUT2D eigenvalue weighted by atomic mass is 16.6. The summed E-state index contributed by atoms with van der Waals surface area (Å²) in [6, 6.07) is 5.70. The van der Waals surface area contributed by atoms with Gasteiger partial charge in [-0.15, -0.1) is 0 Å². The lowest BCUT2D eigenvalue weighted by atomic mass is 10.1. The van der Waals surface area contributed by atoms with E-state index in [1.165, 1.54) is 0 Å². The van der Waals surface area contributed by atoms with Crippen molar-refractivity contribution in [1.82, 2.24) is 4.98 Å². The number of ether oxygens (including phenoxy) is 3. The summed E-state index contributed by atoms with van der Waals surface area (Å²) in [5, 5.41) is 0.819. The van der Waals surface area contributed by atoms with Crippen molar-refractivity contribution in [3.63, 3.8) is 0 Å². The Morgan fingerprint density at radius 1 is 1.18 bits per heavy atom. The monoisotopic (exact) mass is 303 g/mol. The number of pyridine rings is 1. The molecule has 0 spiro atoms. The van der Waals surface area contributed by atoms with E-state index in [0.717, 1.165) is 22.2 Å². The third kappa shape index (κ3) is 3.67. The SMILES string of the molecule is COc1cc(C)cc2c(OCC(=O)OC(C)C)cc(C)nc12. The van der Waals surface area contributed by atoms with Crippen molar-refractivity contribution >= 4 is 16.9 Å². The van der Waals surface area contributed by atoms with Crippen LogP contribution < -0.4 is 9.47 Å². The lowest BCUT2D eigenvalue weighted by Gasteiger charge is -2.13. The number of benzene rings is 1. The van der Waals surface area contributed by atoms with Gasteiger partial charge in [0, 0.05) is 17.1 Å². The summed E-state index contributed by atoms with van der Waals surface area (Å²) in [5.41, 5.74) is 2.55. The summed E-state index contributed by atoms with van der Waals surface area (Å²) in [5.74, 6) is 0.899. The molecule has 0 amide bonds. The summed E-state index contributed by atoms with van der Waals surface area (Å²) >= 11 is 0. The third-order valence-electron chi connectivity index (χ3n) is 3.05. The van der Waals surface area contributed by atoms with Crippen LogP contribution in [0.3, 0.4) is 0 Å². The molecule has 1 heterocycles. The number of aryl methyl sites for hydroxylation is 2. The van der Waals surface area contributed by atoms with Gasteiger partial charge in [0.05, 0.1) is 13.2 Å². The van der Waals surface area contributed by atoms with E-state index >= 15 is 0 Å². The van der Waals surface area contributed by atoms with E-state index in [0.29, 0.717) is 11.5 Å². The number of carbonyl (C=O) groups excluding carboxylic acids is 1. The quantitative estimate of drug-likeness (QED) is 0.794. The molecule has 0 saturated heterocycles. The second-order valence-electron chi connectivity index (χ2n) is 5.45. The summed E-state index contributed by atoms with van der Waals surface area (Å²) in [6.45, 7) is 7.32. The molecule has 1 aromatic heterocycles. The minimum absolute atomic E-state index is 0.132. The van der Waals surface area contributed by atoms with Crippen LogP contribution in [0.2, 0.25) is 0 Å². The molecule has 0 N–H and O–H groups in total. The number of hydrogen-bond acceptors (Lipinski definition) is 5. The predicted octanol–water partition coefficient (Wildman–Crippen LogP) is 3.19. The number of fused-ring (bicyclic) bond motifs is 1. The number of nitrogens with zero attached hydrogens (tertiary/aromatic N) is 1. The van der Waals surface area contributed by atoms with Crippen LogP contribution >= 0.6 is 0 Å². The standard InChI is InChI=1S/C17H21NO4/c1-10(2)22-16(19)9-21-14-8-12(4)18-17-13(14)6-11(3)7-15(17)20-5/h6-8,10H,9H2,1-5H3. The van der Waals surface area contributed by atoms with Crippen molar-refractivity contribution in [1.29, 1.82) is 0 Å². The fourth-order valence-corrected chi connectivity index (χ4v) is 2.23. The van der Waals surface area contributed by atoms with E-state index in [1.807, 2.05) is 32.0 Å². The Kier molecular flexibility index (Phi) is 4.85. The van der Waals surface area contributed by atoms with Crippen LogP contribution in [-0.2, 0) is 9.53 Å². The summed E-state index contributed by atoms with van der Waals surface area (Å²) in [6.07, 6.45) is -0.158. The Morgan fingerprint density at radius 3 is 2.55 bits per heavy atom. The highest BCUT2D eigenvalue weighted by molar-refractivity contribution is 5.91. The van der Waals surface area contributed by atoms with Crippen LogP contribution in [0.4, 0.5) is 0 Å². The minimum atomic E-state index is -0.391. The Hall–Kier alpha value is -2.30. The van der Waals surface area contributed by atoms with E-state index < -0.39 is 5.97 Å². The summed E-state index contributed by atoms with van der Waals surface area (Å²) in [4.78, 5) is 16.2. The summed E-state index contributed by atoms with van der Waals surface area (Å²) < 4.78 is 16.1. The second kappa shape index (κ2) is 6.64. The molecule has 0 aliphatic carbocycles. The van der Waals surface area contributed by atoms with Gasteiger partial charge in [-0.2, -0.15) is 0 Å². The highest BCUT2D eigenvalue weighted by Crippen LogP contribution is 2.32. The maximum atomic E-state index is 11.7. The molecular formula is C17H21NO4. The fraction of sp³-hybridized carbons (Fsp3) is 0.412. The minimum Gasteiger partial charge on any atom is -0.494 e. The number of methoxy groups -OCH3 is 1. The zero-order valence-corrected chi connectivity index (χ0v) is 13.6. The van der Waals surface area contributed by atoms with Crippen molar-refractivity contribution in [2.24, 2.45) is 0 Å². The first-order chi connectivity index (χ1) is 10.4. The predicted molar refractivity (Wildman–Crippen MR) is 84.5 cm³/mol. The highest BCUT2D eigenvalue weighted by Gasteiger charge is 2.13. The third-order valence-corrected chi connectivity index (χ3v) is 3.05. The van der Waals surface area contributed by atoms with Gasteiger partial charge >= 0.3 is 5.97 Å². The van der Waals surface area contributed by atoms with Crippen LogP contribution in [0.5, 0.6) is 11.5 Å². The Bertz CT molecular complexity index is 695. The topological polar surface area (TPSA) is 57.7 Å². The van der Waals surface area contributed by atoms with Gasteiger partial charge in [-0.25, -0.2) is 9.78 Å². The number of rotatable bonds is 5. The lowest BCUT2D eigenvalue weighted by molar-refractivity contribution is -0.149. The zero-order valence-electron chi connectivity index (χ0n) is 13.6. The lowest BCUT2D eigenvalue weighted by Crippen LogP contribution is -2.18. The van der Waals surface area contributed by atoms with Crippen LogP contribution in [0, 0.1) is 13.8 Å². The fourth-order valence-electron chi connectivity index (χ4n) is 2.23. The van der Waals surface area contributed by atoms with Gasteiger partial charge in [-0.3, -0.25) is 0 Å². The molecule has 0 atom stereocenters. The van der Waals surface area contributed by atoms with Crippen molar-refractivity contribution in [2.45, 2.75) is 33.8 Å². The van der Waals surface area contributed by atoms with Gasteiger partial charge < -0.3 is 14.2 Å². The van der Waals surface area contributed by atoms with E-state index in [-0.39, 0.29) is 12.7 Å². The van der Waals surface area contributed by atoms with Gasteiger partial charge in [0.1, 0.15) is 17.0 Å². The molecular weight excluding hydrogens is 282 g/mol. The van der Waals surface area contributed by atoms with Gasteiger partial charge in [0.2, 0.25) is 0 Å². The summed E-state index contributed by atoms with van der Waals surface area (Å²) in [7, 11) is 1.61. The molecule has 0 unspecified atom stereocenters. The first-order valence-corrected chi connectivity index (χ1v) is 7.19. The van der Waals surface area contributed by atoms with Crippen LogP contribution in [0.1, 0.15) is 25.1 Å². The largest absolute Gasteiger partial charge is 0.494 e. The van der Waals surface area contributed by atoms with Gasteiger partial charge in [0.15, 0.2) is 6.61 Å². The van der Waals surface area contributed by atoms with Gasteiger partial charge in [-0.1, -0.05) is 0 Å². The van der Waals surface area contributed by atoms with Crippen LogP contribution in [0.25, 0.3) is 10.9 Å². The number of carbonyl (C=O) groups is 1. The number of aromatic nitrogens is 1. The average molecular weight is 303 g/mol. The molecule has 0 saturated carbocycles. The smallest absolute Gasteiger partial charge is 0.344 e. The molecule has 0 fully saturated rings. The van der Waals surface area contributed by atoms with Crippen molar-refractivity contribution in [2.75, 3.05) is 13.7 Å². The Balaban J connectivity index is 2.37. The first-order valence-electron chi connectivity index (χ1n) is 7.19. The normalized spacial score (nSPS) is 10.8. The second-order valence-corrected chi connectivity index (χ2v) is 5.45. The van der Waals surface area contributed by atoms with E-state index in [9.17, 15) is 4.79 Å². The van der Waals surface area contributed by atoms with Crippen LogP contribution in [0.15, 0.2) is 18.2 Å². The Labute approximate surface area is 130 Å². The first kappa shape index (κ1) is 16.1. The van der Waals surface area contributed by atoms with Crippen molar-refractivity contribution < 1.29 is 19.0 Å². The Morgan fingerprint density at radius 2 is 1.91 bits per heavy atom. The van der Waals surface area contributed by atoms with Gasteiger partial charge in [0.25, 0.3) is 0 Å². The molecule has 5 nitrogen and oxygen atoms in total. The molecule has 5 heteroatoms. The van der Waals surface area contributed by atoms with Gasteiger partial charge in [-0.05, 0) is 45.4 Å². The molecule has 1 aromatic carbocycles. The van der Waals surface area contributed by atoms with E-state index in [4.69, 9.17) is 14.2 Å². The molecule has 0 aliphatic rings. The van der Waals surface area contributed by atoms with Crippen LogP contribution in [-0.4, -0.2) is 30.8 Å². The molecule has 0 aliphatic heterocycles. The molecule has 2 rings (SSSR count). The molecule has 22 heavy (non-hydrogen) atoms. The van der Waals surface area contributed by atoms with Crippen molar-refractivity contribution in [3.8, 4) is 11.5 Å². The molecule has 0 bridgehead atoms. The van der Waals surface area contributed by atoms with E-state index in [2.05, 4.69) is 4.98 Å². The maximum Gasteiger partial charge on any atom is 0.344 e. The molecule has 2 aromatic rings. The average Bonchev–Trinajstić information content (AvgIpc) is 2.43. The molecule has 0 radical (unpaired) electrons. The van der Waals surface area contributed by atoms with E-state index in [1.54, 1.807) is 21.0 Å². The molecule has 118 valence electrons. The van der Waals surface area contributed by atoms with Crippen molar-refractivity contribution in [3.05, 3.63) is 29.5 Å².